The summed E-state index contributed by atoms with van der Waals surface area (Å²) in [6.45, 7) is 3.67. The summed E-state index contributed by atoms with van der Waals surface area (Å²) in [5.74, 6) is -0.304. The molecule has 6 nitrogen and oxygen atoms in total. The van der Waals surface area contributed by atoms with E-state index in [0.29, 0.717) is 21.5 Å². The smallest absolute Gasteiger partial charge is 0.266 e. The molecule has 0 saturated carbocycles. The second kappa shape index (κ2) is 11.1. The molecule has 0 heterocycles. The van der Waals surface area contributed by atoms with Gasteiger partial charge in [0.25, 0.3) is 11.8 Å². The van der Waals surface area contributed by atoms with E-state index < -0.39 is 5.91 Å². The number of anilines is 2. The van der Waals surface area contributed by atoms with Crippen LogP contribution in [0, 0.1) is 25.2 Å². The number of hydrogen-bond donors (Lipinski definition) is 2. The first kappa shape index (κ1) is 23.8. The van der Waals surface area contributed by atoms with Gasteiger partial charge in [0.2, 0.25) is 0 Å². The third-order valence-corrected chi connectivity index (χ3v) is 5.31. The largest absolute Gasteiger partial charge is 0.483 e. The van der Waals surface area contributed by atoms with Crippen LogP contribution in [0.3, 0.4) is 0 Å². The summed E-state index contributed by atoms with van der Waals surface area (Å²) in [5, 5.41) is 15.0. The Bertz CT molecular complexity index is 1260. The standard InChI is InChI=1S/C26H22BrN3O3/c1-17-6-5-8-21(12-17)29-26(32)20(15-28)13-19-10-11-24(22(27)14-19)33-16-25(31)30-23-9-4-3-7-18(23)2/h3-14H,16H2,1-2H3,(H,29,32)(H,30,31)/b20-13+. The number of halogens is 1. The molecule has 0 saturated heterocycles. The molecule has 0 fully saturated rings. The van der Waals surface area contributed by atoms with Gasteiger partial charge in [-0.2, -0.15) is 5.26 Å². The van der Waals surface area contributed by atoms with Gasteiger partial charge in [0.05, 0.1) is 4.47 Å². The van der Waals surface area contributed by atoms with Gasteiger partial charge in [-0.1, -0.05) is 36.4 Å². The fraction of sp³-hybridized carbons (Fsp3) is 0.115. The van der Waals surface area contributed by atoms with Crippen molar-refractivity contribution in [2.45, 2.75) is 13.8 Å². The minimum Gasteiger partial charge on any atom is -0.483 e. The summed E-state index contributed by atoms with van der Waals surface area (Å²) in [6.07, 6.45) is 1.49. The zero-order valence-corrected chi connectivity index (χ0v) is 19.8. The Balaban J connectivity index is 1.64. The number of carbonyl (C=O) groups is 2. The number of nitrogens with zero attached hydrogens (tertiary/aromatic N) is 1. The van der Waals surface area contributed by atoms with Crippen molar-refractivity contribution >= 4 is 45.2 Å². The minimum atomic E-state index is -0.493. The molecule has 2 amide bonds. The van der Waals surface area contributed by atoms with Crippen molar-refractivity contribution in [2.75, 3.05) is 17.2 Å². The molecule has 3 aromatic carbocycles. The molecule has 0 aliphatic heterocycles. The maximum Gasteiger partial charge on any atom is 0.266 e. The Morgan fingerprint density at radius 2 is 1.82 bits per heavy atom. The summed E-state index contributed by atoms with van der Waals surface area (Å²) in [5.41, 5.74) is 3.92. The van der Waals surface area contributed by atoms with E-state index in [2.05, 4.69) is 26.6 Å². The molecule has 0 radical (unpaired) electrons. The molecule has 0 aliphatic carbocycles. The van der Waals surface area contributed by atoms with E-state index in [9.17, 15) is 14.9 Å². The molecule has 0 spiro atoms. The summed E-state index contributed by atoms with van der Waals surface area (Å²) >= 11 is 3.42. The fourth-order valence-corrected chi connectivity index (χ4v) is 3.51. The van der Waals surface area contributed by atoms with E-state index in [-0.39, 0.29) is 18.1 Å². The lowest BCUT2D eigenvalue weighted by molar-refractivity contribution is -0.118. The molecule has 0 aliphatic rings. The van der Waals surface area contributed by atoms with Gasteiger partial charge in [0.15, 0.2) is 6.61 Å². The number of amides is 2. The number of para-hydroxylation sites is 1. The van der Waals surface area contributed by atoms with Crippen molar-refractivity contribution in [3.63, 3.8) is 0 Å². The van der Waals surface area contributed by atoms with Crippen molar-refractivity contribution in [3.8, 4) is 11.8 Å². The van der Waals surface area contributed by atoms with Gasteiger partial charge in [-0.05, 0) is 82.9 Å². The monoisotopic (exact) mass is 503 g/mol. The summed E-state index contributed by atoms with van der Waals surface area (Å²) in [4.78, 5) is 24.7. The van der Waals surface area contributed by atoms with E-state index in [0.717, 1.165) is 16.8 Å². The Kier molecular flexibility index (Phi) is 8.01. The van der Waals surface area contributed by atoms with E-state index in [1.165, 1.54) is 6.08 Å². The molecule has 2 N–H and O–H groups in total. The van der Waals surface area contributed by atoms with Crippen LogP contribution in [0.15, 0.2) is 76.8 Å². The Morgan fingerprint density at radius 3 is 2.52 bits per heavy atom. The lowest BCUT2D eigenvalue weighted by atomic mass is 10.1. The number of hydrogen-bond acceptors (Lipinski definition) is 4. The molecular weight excluding hydrogens is 482 g/mol. The van der Waals surface area contributed by atoms with Crippen LogP contribution in [0.25, 0.3) is 6.08 Å². The van der Waals surface area contributed by atoms with Crippen LogP contribution in [-0.4, -0.2) is 18.4 Å². The quantitative estimate of drug-likeness (QED) is 0.322. The van der Waals surface area contributed by atoms with Gasteiger partial charge in [-0.3, -0.25) is 9.59 Å². The van der Waals surface area contributed by atoms with E-state index in [1.54, 1.807) is 24.3 Å². The first-order valence-electron chi connectivity index (χ1n) is 10.1. The van der Waals surface area contributed by atoms with E-state index in [4.69, 9.17) is 4.74 Å². The SMILES string of the molecule is Cc1cccc(NC(=O)/C(C#N)=C/c2ccc(OCC(=O)Nc3ccccc3C)c(Br)c2)c1. The molecular formula is C26H22BrN3O3. The predicted octanol–water partition coefficient (Wildman–Crippen LogP) is 5.63. The van der Waals surface area contributed by atoms with E-state index >= 15 is 0 Å². The molecule has 0 atom stereocenters. The van der Waals surface area contributed by atoms with Crippen molar-refractivity contribution in [1.82, 2.24) is 0 Å². The number of nitrogens with one attached hydrogen (secondary N) is 2. The third kappa shape index (κ3) is 6.79. The molecule has 0 bridgehead atoms. The van der Waals surface area contributed by atoms with Crippen LogP contribution in [0.2, 0.25) is 0 Å². The van der Waals surface area contributed by atoms with Crippen LogP contribution in [0.1, 0.15) is 16.7 Å². The number of nitriles is 1. The van der Waals surface area contributed by atoms with Gasteiger partial charge in [-0.25, -0.2) is 0 Å². The highest BCUT2D eigenvalue weighted by Gasteiger charge is 2.11. The van der Waals surface area contributed by atoms with Crippen LogP contribution < -0.4 is 15.4 Å². The molecule has 7 heteroatoms. The number of benzene rings is 3. The highest BCUT2D eigenvalue weighted by Crippen LogP contribution is 2.27. The molecule has 0 unspecified atom stereocenters. The third-order valence-electron chi connectivity index (χ3n) is 4.69. The zero-order chi connectivity index (χ0) is 23.8. The maximum absolute atomic E-state index is 12.5. The molecule has 33 heavy (non-hydrogen) atoms. The summed E-state index contributed by atoms with van der Waals surface area (Å²) < 4.78 is 6.20. The number of aryl methyl sites for hydroxylation is 2. The lowest BCUT2D eigenvalue weighted by Crippen LogP contribution is -2.20. The van der Waals surface area contributed by atoms with Crippen LogP contribution in [0.4, 0.5) is 11.4 Å². The normalized spacial score (nSPS) is 10.8. The van der Waals surface area contributed by atoms with Crippen LogP contribution in [0.5, 0.6) is 5.75 Å². The number of rotatable bonds is 7. The molecule has 166 valence electrons. The van der Waals surface area contributed by atoms with Crippen molar-refractivity contribution in [1.29, 1.82) is 5.26 Å². The van der Waals surface area contributed by atoms with Crippen molar-refractivity contribution in [2.24, 2.45) is 0 Å². The zero-order valence-electron chi connectivity index (χ0n) is 18.2. The van der Waals surface area contributed by atoms with Crippen molar-refractivity contribution in [3.05, 3.63) is 93.5 Å². The highest BCUT2D eigenvalue weighted by molar-refractivity contribution is 9.10. The number of carbonyl (C=O) groups excluding carboxylic acids is 2. The summed E-state index contributed by atoms with van der Waals surface area (Å²) in [7, 11) is 0. The Morgan fingerprint density at radius 1 is 1.03 bits per heavy atom. The van der Waals surface area contributed by atoms with Gasteiger partial charge in [0, 0.05) is 11.4 Å². The number of ether oxygens (including phenoxy) is 1. The fourth-order valence-electron chi connectivity index (χ4n) is 3.00. The topological polar surface area (TPSA) is 91.2 Å². The van der Waals surface area contributed by atoms with Crippen molar-refractivity contribution < 1.29 is 14.3 Å². The molecule has 3 rings (SSSR count). The summed E-state index contributed by atoms with van der Waals surface area (Å²) in [6, 6.07) is 21.9. The van der Waals surface area contributed by atoms with Gasteiger partial charge >= 0.3 is 0 Å². The van der Waals surface area contributed by atoms with E-state index in [1.807, 2.05) is 62.4 Å². The highest BCUT2D eigenvalue weighted by atomic mass is 79.9. The first-order chi connectivity index (χ1) is 15.9. The minimum absolute atomic E-state index is 0.0327. The van der Waals surface area contributed by atoms with Gasteiger partial charge in [-0.15, -0.1) is 0 Å². The predicted molar refractivity (Wildman–Crippen MR) is 133 cm³/mol. The lowest BCUT2D eigenvalue weighted by Gasteiger charge is -2.11. The molecule has 0 aromatic heterocycles. The maximum atomic E-state index is 12.5. The second-order valence-corrected chi connectivity index (χ2v) is 8.19. The van der Waals surface area contributed by atoms with Crippen LogP contribution in [-0.2, 0) is 9.59 Å². The van der Waals surface area contributed by atoms with Gasteiger partial charge in [0.1, 0.15) is 17.4 Å². The van der Waals surface area contributed by atoms with Crippen LogP contribution >= 0.6 is 15.9 Å². The van der Waals surface area contributed by atoms with Gasteiger partial charge < -0.3 is 15.4 Å². The average molecular weight is 504 g/mol. The Hall–Kier alpha value is -3.89. The average Bonchev–Trinajstić information content (AvgIpc) is 2.78. The second-order valence-electron chi connectivity index (χ2n) is 7.34. The first-order valence-corrected chi connectivity index (χ1v) is 10.9. The molecule has 3 aromatic rings. The Labute approximate surface area is 201 Å².